The lowest BCUT2D eigenvalue weighted by Crippen LogP contribution is -2.41. The Balaban J connectivity index is 0.00000338. The molecular weight excluding hydrogens is 443 g/mol. The summed E-state index contributed by atoms with van der Waals surface area (Å²) in [4.78, 5) is 6.82. The van der Waals surface area contributed by atoms with E-state index in [0.29, 0.717) is 5.92 Å². The molecule has 2 N–H and O–H groups in total. The van der Waals surface area contributed by atoms with Crippen LogP contribution in [0.15, 0.2) is 23.2 Å². The Morgan fingerprint density at radius 3 is 2.62 bits per heavy atom. The summed E-state index contributed by atoms with van der Waals surface area (Å²) in [5.74, 6) is 3.11. The van der Waals surface area contributed by atoms with Gasteiger partial charge in [-0.15, -0.1) is 24.0 Å². The lowest BCUT2D eigenvalue weighted by molar-refractivity contribution is 0.342. The maximum absolute atomic E-state index is 5.35. The molecule has 0 saturated carbocycles. The summed E-state index contributed by atoms with van der Waals surface area (Å²) in [5, 5.41) is 6.84. The van der Waals surface area contributed by atoms with Crippen molar-refractivity contribution in [3.8, 4) is 11.5 Å². The van der Waals surface area contributed by atoms with Crippen LogP contribution in [0.5, 0.6) is 11.5 Å². The lowest BCUT2D eigenvalue weighted by atomic mass is 10.1. The summed E-state index contributed by atoms with van der Waals surface area (Å²) in [6, 6.07) is 6.03. The van der Waals surface area contributed by atoms with Crippen molar-refractivity contribution in [1.29, 1.82) is 0 Å². The van der Waals surface area contributed by atoms with Gasteiger partial charge in [0, 0.05) is 26.7 Å². The van der Waals surface area contributed by atoms with Crippen molar-refractivity contribution in [2.24, 2.45) is 10.9 Å². The van der Waals surface area contributed by atoms with E-state index in [-0.39, 0.29) is 24.0 Å². The van der Waals surface area contributed by atoms with Gasteiger partial charge in [-0.2, -0.15) is 0 Å². The van der Waals surface area contributed by atoms with Gasteiger partial charge >= 0.3 is 0 Å². The number of nitrogens with one attached hydrogen (secondary N) is 2. The molecule has 148 valence electrons. The van der Waals surface area contributed by atoms with Crippen LogP contribution in [0.3, 0.4) is 0 Å². The molecule has 0 amide bonds. The third-order valence-corrected chi connectivity index (χ3v) is 4.75. The van der Waals surface area contributed by atoms with E-state index in [1.807, 2.05) is 19.2 Å². The van der Waals surface area contributed by atoms with E-state index in [1.165, 1.54) is 25.1 Å². The van der Waals surface area contributed by atoms with Crippen LogP contribution in [0.25, 0.3) is 0 Å². The molecule has 1 aliphatic heterocycles. The number of hydrogen-bond donors (Lipinski definition) is 2. The van der Waals surface area contributed by atoms with Gasteiger partial charge in [0.25, 0.3) is 0 Å². The van der Waals surface area contributed by atoms with Crippen molar-refractivity contribution in [3.63, 3.8) is 0 Å². The van der Waals surface area contributed by atoms with E-state index in [2.05, 4.69) is 33.5 Å². The first-order valence-electron chi connectivity index (χ1n) is 9.07. The summed E-state index contributed by atoms with van der Waals surface area (Å²) in [6.45, 7) is 7.58. The quantitative estimate of drug-likeness (QED) is 0.343. The molecule has 1 atom stereocenters. The number of benzene rings is 1. The minimum Gasteiger partial charge on any atom is -0.493 e. The van der Waals surface area contributed by atoms with Gasteiger partial charge in [-0.1, -0.05) is 13.0 Å². The van der Waals surface area contributed by atoms with Gasteiger partial charge in [0.2, 0.25) is 0 Å². The second-order valence-corrected chi connectivity index (χ2v) is 6.37. The first kappa shape index (κ1) is 22.8. The molecule has 0 radical (unpaired) electrons. The molecule has 1 aliphatic rings. The van der Waals surface area contributed by atoms with Crippen molar-refractivity contribution in [2.45, 2.75) is 19.8 Å². The minimum absolute atomic E-state index is 0. The van der Waals surface area contributed by atoms with Crippen LogP contribution in [0.1, 0.15) is 18.9 Å². The number of guanidine groups is 1. The summed E-state index contributed by atoms with van der Waals surface area (Å²) in [6.07, 6.45) is 2.16. The molecule has 1 aromatic rings. The molecule has 26 heavy (non-hydrogen) atoms. The Labute approximate surface area is 174 Å². The van der Waals surface area contributed by atoms with Crippen molar-refractivity contribution in [3.05, 3.63) is 23.8 Å². The fraction of sp³-hybridized carbons (Fsp3) is 0.632. The number of likely N-dealkylation sites (tertiary alicyclic amines) is 1. The van der Waals surface area contributed by atoms with Crippen molar-refractivity contribution in [1.82, 2.24) is 15.5 Å². The van der Waals surface area contributed by atoms with Gasteiger partial charge in [-0.25, -0.2) is 0 Å². The van der Waals surface area contributed by atoms with E-state index in [0.717, 1.165) is 43.5 Å². The second kappa shape index (κ2) is 12.2. The summed E-state index contributed by atoms with van der Waals surface area (Å²) < 4.78 is 10.6. The molecule has 6 nitrogen and oxygen atoms in total. The van der Waals surface area contributed by atoms with E-state index >= 15 is 0 Å². The molecule has 7 heteroatoms. The number of nitrogens with zero attached hydrogens (tertiary/aromatic N) is 2. The van der Waals surface area contributed by atoms with Gasteiger partial charge < -0.3 is 25.0 Å². The van der Waals surface area contributed by atoms with E-state index < -0.39 is 0 Å². The summed E-state index contributed by atoms with van der Waals surface area (Å²) in [5.41, 5.74) is 1.20. The largest absolute Gasteiger partial charge is 0.493 e. The maximum atomic E-state index is 5.35. The third-order valence-electron chi connectivity index (χ3n) is 4.75. The van der Waals surface area contributed by atoms with E-state index in [9.17, 15) is 0 Å². The smallest absolute Gasteiger partial charge is 0.190 e. The topological polar surface area (TPSA) is 58.1 Å². The Morgan fingerprint density at radius 2 is 2.00 bits per heavy atom. The minimum atomic E-state index is 0. The highest BCUT2D eigenvalue weighted by atomic mass is 127. The van der Waals surface area contributed by atoms with Crippen molar-refractivity contribution in [2.75, 3.05) is 54.0 Å². The first-order valence-corrected chi connectivity index (χ1v) is 9.07. The van der Waals surface area contributed by atoms with Gasteiger partial charge in [0.05, 0.1) is 14.2 Å². The predicted octanol–water partition coefficient (Wildman–Crippen LogP) is 2.37. The van der Waals surface area contributed by atoms with Crippen LogP contribution in [-0.4, -0.2) is 64.9 Å². The monoisotopic (exact) mass is 476 g/mol. The SMILES string of the molecule is CCN1CCC(CNC(=NC)NCCc2ccc(OC)c(OC)c2)C1.I. The number of ether oxygens (including phenoxy) is 2. The third kappa shape index (κ3) is 6.83. The van der Waals surface area contributed by atoms with Crippen LogP contribution < -0.4 is 20.1 Å². The molecule has 0 aromatic heterocycles. The highest BCUT2D eigenvalue weighted by Gasteiger charge is 2.20. The number of aliphatic imine (C=N–C) groups is 1. The van der Waals surface area contributed by atoms with Crippen LogP contribution in [0, 0.1) is 5.92 Å². The van der Waals surface area contributed by atoms with Crippen molar-refractivity contribution >= 4 is 29.9 Å². The van der Waals surface area contributed by atoms with Crippen LogP contribution >= 0.6 is 24.0 Å². The predicted molar refractivity (Wildman–Crippen MR) is 118 cm³/mol. The molecule has 2 rings (SSSR count). The van der Waals surface area contributed by atoms with Crippen LogP contribution in [-0.2, 0) is 6.42 Å². The van der Waals surface area contributed by atoms with Gasteiger partial charge in [0.15, 0.2) is 17.5 Å². The molecule has 1 unspecified atom stereocenters. The first-order chi connectivity index (χ1) is 12.2. The number of halogens is 1. The highest BCUT2D eigenvalue weighted by Crippen LogP contribution is 2.27. The number of hydrogen-bond acceptors (Lipinski definition) is 4. The molecule has 1 aromatic carbocycles. The van der Waals surface area contributed by atoms with Crippen LogP contribution in [0.2, 0.25) is 0 Å². The number of methoxy groups -OCH3 is 2. The Morgan fingerprint density at radius 1 is 1.23 bits per heavy atom. The second-order valence-electron chi connectivity index (χ2n) is 6.37. The average Bonchev–Trinajstić information content (AvgIpc) is 3.12. The Bertz CT molecular complexity index is 568. The Hall–Kier alpha value is -1.22. The molecule has 1 fully saturated rings. The van der Waals surface area contributed by atoms with Gasteiger partial charge in [0.1, 0.15) is 0 Å². The molecular formula is C19H33IN4O2. The zero-order valence-electron chi connectivity index (χ0n) is 16.4. The van der Waals surface area contributed by atoms with Gasteiger partial charge in [-0.3, -0.25) is 4.99 Å². The molecule has 1 heterocycles. The molecule has 0 bridgehead atoms. The molecule has 1 saturated heterocycles. The van der Waals surface area contributed by atoms with Gasteiger partial charge in [-0.05, 0) is 49.5 Å². The standard InChI is InChI=1S/C19H32N4O2.HI/c1-5-23-11-9-16(14-23)13-22-19(20-2)21-10-8-15-6-7-17(24-3)18(12-15)25-4;/h6-7,12,16H,5,8-11,13-14H2,1-4H3,(H2,20,21,22);1H. The van der Waals surface area contributed by atoms with E-state index in [4.69, 9.17) is 9.47 Å². The summed E-state index contributed by atoms with van der Waals surface area (Å²) >= 11 is 0. The van der Waals surface area contributed by atoms with Crippen LogP contribution in [0.4, 0.5) is 0 Å². The maximum Gasteiger partial charge on any atom is 0.190 e. The zero-order valence-corrected chi connectivity index (χ0v) is 18.7. The zero-order chi connectivity index (χ0) is 18.1. The number of rotatable bonds is 8. The van der Waals surface area contributed by atoms with Crippen molar-refractivity contribution < 1.29 is 9.47 Å². The summed E-state index contributed by atoms with van der Waals surface area (Å²) in [7, 11) is 5.13. The molecule has 0 spiro atoms. The highest BCUT2D eigenvalue weighted by molar-refractivity contribution is 14.0. The Kier molecular flexibility index (Phi) is 10.7. The lowest BCUT2D eigenvalue weighted by Gasteiger charge is -2.16. The fourth-order valence-electron chi connectivity index (χ4n) is 3.19. The average molecular weight is 476 g/mol. The molecule has 0 aliphatic carbocycles. The van der Waals surface area contributed by atoms with E-state index in [1.54, 1.807) is 14.2 Å². The normalized spacial score (nSPS) is 17.5. The fourth-order valence-corrected chi connectivity index (χ4v) is 3.19.